The molecule has 0 unspecified atom stereocenters. The Bertz CT molecular complexity index is 1060. The van der Waals surface area contributed by atoms with Crippen LogP contribution in [-0.4, -0.2) is 28.8 Å². The van der Waals surface area contributed by atoms with Crippen molar-refractivity contribution < 1.29 is 9.84 Å². The summed E-state index contributed by atoms with van der Waals surface area (Å²) in [5.41, 5.74) is 3.79. The molecule has 0 atom stereocenters. The first-order valence-electron chi connectivity index (χ1n) is 9.90. The highest BCUT2D eigenvalue weighted by molar-refractivity contribution is 6.38. The number of nitrogens with one attached hydrogen (secondary N) is 1. The first kappa shape index (κ1) is 21.1. The van der Waals surface area contributed by atoms with Crippen molar-refractivity contribution in [3.05, 3.63) is 70.5 Å². The molecule has 4 rings (SSSR count). The van der Waals surface area contributed by atoms with E-state index in [1.807, 2.05) is 61.7 Å². The summed E-state index contributed by atoms with van der Waals surface area (Å²) < 4.78 is 5.59. The molecule has 0 amide bonds. The fraction of sp³-hybridized carbons (Fsp3) is 0.292. The molecular weight excluding hydrogens is 419 g/mol. The Morgan fingerprint density at radius 1 is 1.10 bits per heavy atom. The zero-order chi connectivity index (χ0) is 21.3. The molecule has 0 bridgehead atoms. The highest BCUT2D eigenvalue weighted by Crippen LogP contribution is 2.40. The Hall–Kier alpha value is -2.11. The minimum absolute atomic E-state index is 0.299. The van der Waals surface area contributed by atoms with Gasteiger partial charge in [0, 0.05) is 46.1 Å². The lowest BCUT2D eigenvalue weighted by molar-refractivity contribution is -0.0394. The van der Waals surface area contributed by atoms with E-state index in [1.54, 1.807) is 7.11 Å². The van der Waals surface area contributed by atoms with Crippen molar-refractivity contribution in [1.82, 2.24) is 10.3 Å². The van der Waals surface area contributed by atoms with Gasteiger partial charge in [0.25, 0.3) is 0 Å². The van der Waals surface area contributed by atoms with Crippen LogP contribution >= 0.6 is 23.2 Å². The zero-order valence-electron chi connectivity index (χ0n) is 17.0. The van der Waals surface area contributed by atoms with Crippen LogP contribution in [0.1, 0.15) is 25.5 Å². The first-order chi connectivity index (χ1) is 14.4. The van der Waals surface area contributed by atoms with Gasteiger partial charge in [-0.2, -0.15) is 0 Å². The third kappa shape index (κ3) is 4.33. The van der Waals surface area contributed by atoms with Gasteiger partial charge < -0.3 is 15.2 Å². The van der Waals surface area contributed by atoms with E-state index >= 15 is 0 Å². The van der Waals surface area contributed by atoms with Crippen LogP contribution in [0.15, 0.2) is 54.7 Å². The Labute approximate surface area is 186 Å². The molecule has 1 aliphatic rings. The molecule has 3 aromatic rings. The Kier molecular flexibility index (Phi) is 6.03. The Balaban J connectivity index is 1.60. The van der Waals surface area contributed by atoms with Gasteiger partial charge >= 0.3 is 0 Å². The number of aliphatic hydroxyl groups is 1. The predicted molar refractivity (Wildman–Crippen MR) is 122 cm³/mol. The van der Waals surface area contributed by atoms with Crippen LogP contribution in [0.5, 0.6) is 5.75 Å². The average Bonchev–Trinajstić information content (AvgIpc) is 2.71. The van der Waals surface area contributed by atoms with Gasteiger partial charge in [-0.3, -0.25) is 4.98 Å². The summed E-state index contributed by atoms with van der Waals surface area (Å²) in [6.45, 7) is 2.44. The number of halogens is 2. The van der Waals surface area contributed by atoms with Crippen molar-refractivity contribution in [3.8, 4) is 28.0 Å². The number of methoxy groups -OCH3 is 1. The van der Waals surface area contributed by atoms with Crippen LogP contribution in [0.25, 0.3) is 22.3 Å². The second-order valence-electron chi connectivity index (χ2n) is 8.00. The van der Waals surface area contributed by atoms with E-state index in [2.05, 4.69) is 10.3 Å². The number of benzene rings is 2. The summed E-state index contributed by atoms with van der Waals surface area (Å²) in [5.74, 6) is 0.699. The van der Waals surface area contributed by atoms with Gasteiger partial charge in [-0.1, -0.05) is 59.6 Å². The van der Waals surface area contributed by atoms with Crippen molar-refractivity contribution in [3.63, 3.8) is 0 Å². The summed E-state index contributed by atoms with van der Waals surface area (Å²) in [6, 6.07) is 15.8. The lowest BCUT2D eigenvalue weighted by atomic mass is 9.77. The number of ether oxygens (including phenoxy) is 1. The standard InChI is InChI=1S/C24H24Cl2N2O2/c1-24(29)11-16(12-24)27-14-21-22(30-2)10-15(13-28-21)17-7-5-8-19(23(17)26)18-6-3-4-9-20(18)25/h3-10,13,16,27,29H,11-12,14H2,1-2H3. The van der Waals surface area contributed by atoms with Gasteiger partial charge in [-0.15, -0.1) is 0 Å². The van der Waals surface area contributed by atoms with Crippen molar-refractivity contribution in [1.29, 1.82) is 0 Å². The summed E-state index contributed by atoms with van der Waals surface area (Å²) in [5, 5.41) is 14.6. The van der Waals surface area contributed by atoms with E-state index in [0.717, 1.165) is 40.8 Å². The Morgan fingerprint density at radius 3 is 2.50 bits per heavy atom. The van der Waals surface area contributed by atoms with E-state index in [1.165, 1.54) is 0 Å². The monoisotopic (exact) mass is 442 g/mol. The molecule has 2 N–H and O–H groups in total. The highest BCUT2D eigenvalue weighted by atomic mass is 35.5. The van der Waals surface area contributed by atoms with E-state index in [0.29, 0.717) is 28.4 Å². The summed E-state index contributed by atoms with van der Waals surface area (Å²) in [6.07, 6.45) is 3.31. The van der Waals surface area contributed by atoms with Gasteiger partial charge in [0.05, 0.1) is 23.4 Å². The minimum Gasteiger partial charge on any atom is -0.495 e. The van der Waals surface area contributed by atoms with Crippen molar-refractivity contribution >= 4 is 23.2 Å². The largest absolute Gasteiger partial charge is 0.495 e. The van der Waals surface area contributed by atoms with Gasteiger partial charge in [-0.05, 0) is 31.9 Å². The maximum absolute atomic E-state index is 9.89. The van der Waals surface area contributed by atoms with Crippen molar-refractivity contribution in [2.75, 3.05) is 7.11 Å². The molecule has 30 heavy (non-hydrogen) atoms. The topological polar surface area (TPSA) is 54.4 Å². The normalized spacial score (nSPS) is 20.6. The fourth-order valence-electron chi connectivity index (χ4n) is 3.96. The number of rotatable bonds is 6. The van der Waals surface area contributed by atoms with Gasteiger partial charge in [-0.25, -0.2) is 0 Å². The third-order valence-electron chi connectivity index (χ3n) is 5.55. The van der Waals surface area contributed by atoms with Crippen LogP contribution < -0.4 is 10.1 Å². The molecule has 4 nitrogen and oxygen atoms in total. The number of hydrogen-bond donors (Lipinski definition) is 2. The second-order valence-corrected chi connectivity index (χ2v) is 8.79. The van der Waals surface area contributed by atoms with Crippen molar-refractivity contribution in [2.45, 2.75) is 38.0 Å². The van der Waals surface area contributed by atoms with Gasteiger partial charge in [0.2, 0.25) is 0 Å². The van der Waals surface area contributed by atoms with E-state index in [9.17, 15) is 5.11 Å². The maximum atomic E-state index is 9.89. The molecular formula is C24H24Cl2N2O2. The number of hydrogen-bond acceptors (Lipinski definition) is 4. The number of nitrogens with zero attached hydrogens (tertiary/aromatic N) is 1. The van der Waals surface area contributed by atoms with Crippen LogP contribution in [-0.2, 0) is 6.54 Å². The van der Waals surface area contributed by atoms with Crippen LogP contribution in [0, 0.1) is 0 Å². The molecule has 1 fully saturated rings. The molecule has 1 heterocycles. The zero-order valence-corrected chi connectivity index (χ0v) is 18.5. The number of pyridine rings is 1. The van der Waals surface area contributed by atoms with E-state index < -0.39 is 5.60 Å². The molecule has 0 spiro atoms. The molecule has 6 heteroatoms. The first-order valence-corrected chi connectivity index (χ1v) is 10.7. The van der Waals surface area contributed by atoms with Crippen molar-refractivity contribution in [2.24, 2.45) is 0 Å². The molecule has 1 saturated carbocycles. The van der Waals surface area contributed by atoms with Gasteiger partial charge in [0.15, 0.2) is 0 Å². The molecule has 156 valence electrons. The minimum atomic E-state index is -0.553. The third-order valence-corrected chi connectivity index (χ3v) is 6.29. The lowest BCUT2D eigenvalue weighted by Crippen LogP contribution is -2.51. The molecule has 1 aromatic heterocycles. The summed E-state index contributed by atoms with van der Waals surface area (Å²) >= 11 is 13.2. The lowest BCUT2D eigenvalue weighted by Gasteiger charge is -2.41. The smallest absolute Gasteiger partial charge is 0.142 e. The highest BCUT2D eigenvalue weighted by Gasteiger charge is 2.37. The molecule has 0 saturated heterocycles. The maximum Gasteiger partial charge on any atom is 0.142 e. The van der Waals surface area contributed by atoms with Crippen LogP contribution in [0.3, 0.4) is 0 Å². The molecule has 2 aromatic carbocycles. The average molecular weight is 443 g/mol. The Morgan fingerprint density at radius 2 is 1.80 bits per heavy atom. The van der Waals surface area contributed by atoms with Gasteiger partial charge in [0.1, 0.15) is 5.75 Å². The molecule has 0 aliphatic heterocycles. The molecule has 0 radical (unpaired) electrons. The fourth-order valence-corrected chi connectivity index (χ4v) is 4.53. The second kappa shape index (κ2) is 8.56. The van der Waals surface area contributed by atoms with Crippen LogP contribution in [0.4, 0.5) is 0 Å². The number of aromatic nitrogens is 1. The van der Waals surface area contributed by atoms with Crippen LogP contribution in [0.2, 0.25) is 10.0 Å². The quantitative estimate of drug-likeness (QED) is 0.511. The SMILES string of the molecule is COc1cc(-c2cccc(-c3ccccc3Cl)c2Cl)cnc1CNC1CC(C)(O)C1. The molecule has 1 aliphatic carbocycles. The predicted octanol–water partition coefficient (Wildman–Crippen LogP) is 5.73. The van der Waals surface area contributed by atoms with E-state index in [-0.39, 0.29) is 0 Å². The van der Waals surface area contributed by atoms with E-state index in [4.69, 9.17) is 27.9 Å². The summed E-state index contributed by atoms with van der Waals surface area (Å²) in [7, 11) is 1.64. The summed E-state index contributed by atoms with van der Waals surface area (Å²) in [4.78, 5) is 4.62.